The predicted molar refractivity (Wildman–Crippen MR) is 95.9 cm³/mol. The van der Waals surface area contributed by atoms with E-state index in [4.69, 9.17) is 9.72 Å². The minimum atomic E-state index is 0.558. The van der Waals surface area contributed by atoms with Crippen LogP contribution in [-0.2, 0) is 6.54 Å². The largest absolute Gasteiger partial charge is 0.481 e. The number of hydrogen-bond donors (Lipinski definition) is 0. The third-order valence-electron chi connectivity index (χ3n) is 4.01. The summed E-state index contributed by atoms with van der Waals surface area (Å²) in [4.78, 5) is 11.3. The second kappa shape index (κ2) is 6.74. The van der Waals surface area contributed by atoms with Gasteiger partial charge >= 0.3 is 0 Å². The molecular formula is C19H22N4O. The number of hydrogen-bond acceptors (Lipinski definition) is 4. The van der Waals surface area contributed by atoms with Crippen LogP contribution in [0.5, 0.6) is 5.88 Å². The van der Waals surface area contributed by atoms with Gasteiger partial charge in [0.2, 0.25) is 11.8 Å². The minimum Gasteiger partial charge on any atom is -0.481 e. The van der Waals surface area contributed by atoms with Gasteiger partial charge in [0.15, 0.2) is 0 Å². The quantitative estimate of drug-likeness (QED) is 0.721. The van der Waals surface area contributed by atoms with Crippen LogP contribution in [0.15, 0.2) is 48.5 Å². The first-order valence-corrected chi connectivity index (χ1v) is 7.92. The van der Waals surface area contributed by atoms with Crippen molar-refractivity contribution in [3.63, 3.8) is 0 Å². The van der Waals surface area contributed by atoms with Crippen molar-refractivity contribution in [1.29, 1.82) is 0 Å². The molecule has 0 radical (unpaired) electrons. The van der Waals surface area contributed by atoms with Gasteiger partial charge in [-0.1, -0.05) is 30.3 Å². The molecule has 1 aromatic carbocycles. The van der Waals surface area contributed by atoms with Crippen LogP contribution in [0.2, 0.25) is 0 Å². The fourth-order valence-electron chi connectivity index (χ4n) is 2.72. The molecular weight excluding hydrogens is 300 g/mol. The Kier molecular flexibility index (Phi) is 4.51. The van der Waals surface area contributed by atoms with E-state index in [1.165, 1.54) is 5.56 Å². The van der Waals surface area contributed by atoms with E-state index in [0.29, 0.717) is 11.8 Å². The Balaban J connectivity index is 1.98. The molecule has 0 N–H and O–H groups in total. The maximum absolute atomic E-state index is 5.38. The van der Waals surface area contributed by atoms with E-state index in [-0.39, 0.29) is 0 Å². The van der Waals surface area contributed by atoms with Crippen molar-refractivity contribution in [1.82, 2.24) is 14.5 Å². The zero-order chi connectivity index (χ0) is 17.1. The number of nitrogens with zero attached hydrogens (tertiary/aromatic N) is 4. The second-order valence-corrected chi connectivity index (χ2v) is 5.86. The highest BCUT2D eigenvalue weighted by molar-refractivity contribution is 5.45. The molecule has 5 nitrogen and oxygen atoms in total. The molecule has 0 aliphatic rings. The lowest BCUT2D eigenvalue weighted by molar-refractivity contribution is 0.396. The number of methoxy groups -OCH3 is 1. The molecule has 0 unspecified atom stereocenters. The smallest absolute Gasteiger partial charge is 0.239 e. The molecule has 5 heteroatoms. The molecule has 0 aliphatic carbocycles. The van der Waals surface area contributed by atoms with E-state index in [1.807, 2.05) is 49.7 Å². The van der Waals surface area contributed by atoms with Gasteiger partial charge in [0.05, 0.1) is 7.11 Å². The van der Waals surface area contributed by atoms with Crippen LogP contribution in [0.4, 0.5) is 5.82 Å². The minimum absolute atomic E-state index is 0.558. The molecule has 124 valence electrons. The molecule has 24 heavy (non-hydrogen) atoms. The number of ether oxygens (including phenoxy) is 1. The summed E-state index contributed by atoms with van der Waals surface area (Å²) >= 11 is 0. The monoisotopic (exact) mass is 322 g/mol. The summed E-state index contributed by atoms with van der Waals surface area (Å²) in [5, 5.41) is 0. The van der Waals surface area contributed by atoms with Crippen molar-refractivity contribution in [2.24, 2.45) is 0 Å². The summed E-state index contributed by atoms with van der Waals surface area (Å²) in [6.07, 6.45) is 0. The molecule has 0 amide bonds. The Bertz CT molecular complexity index is 807. The summed E-state index contributed by atoms with van der Waals surface area (Å²) < 4.78 is 7.41. The van der Waals surface area contributed by atoms with E-state index >= 15 is 0 Å². The molecule has 0 atom stereocenters. The Morgan fingerprint density at radius 1 is 1.00 bits per heavy atom. The molecule has 0 saturated carbocycles. The van der Waals surface area contributed by atoms with Crippen molar-refractivity contribution >= 4 is 5.82 Å². The predicted octanol–water partition coefficient (Wildman–Crippen LogP) is 3.53. The molecule has 3 aromatic rings. The van der Waals surface area contributed by atoms with E-state index in [0.717, 1.165) is 23.8 Å². The molecule has 0 saturated heterocycles. The van der Waals surface area contributed by atoms with Gasteiger partial charge in [0, 0.05) is 31.0 Å². The molecule has 0 fully saturated rings. The summed E-state index contributed by atoms with van der Waals surface area (Å²) in [7, 11) is 3.65. The van der Waals surface area contributed by atoms with Crippen molar-refractivity contribution in [3.05, 3.63) is 65.5 Å². The fourth-order valence-corrected chi connectivity index (χ4v) is 2.72. The van der Waals surface area contributed by atoms with Gasteiger partial charge < -0.3 is 9.64 Å². The lowest BCUT2D eigenvalue weighted by Crippen LogP contribution is -2.19. The van der Waals surface area contributed by atoms with Crippen molar-refractivity contribution in [2.75, 3.05) is 19.1 Å². The van der Waals surface area contributed by atoms with Crippen LogP contribution in [0, 0.1) is 13.8 Å². The average Bonchev–Trinajstić information content (AvgIpc) is 2.94. The van der Waals surface area contributed by atoms with Gasteiger partial charge in [-0.05, 0) is 31.5 Å². The van der Waals surface area contributed by atoms with Gasteiger partial charge in [0.25, 0.3) is 0 Å². The molecule has 2 heterocycles. The van der Waals surface area contributed by atoms with Crippen LogP contribution in [0.3, 0.4) is 0 Å². The Hall–Kier alpha value is -2.82. The third-order valence-corrected chi connectivity index (χ3v) is 4.01. The Morgan fingerprint density at radius 3 is 2.29 bits per heavy atom. The van der Waals surface area contributed by atoms with Crippen LogP contribution >= 0.6 is 0 Å². The van der Waals surface area contributed by atoms with Crippen molar-refractivity contribution in [2.45, 2.75) is 20.4 Å². The second-order valence-electron chi connectivity index (χ2n) is 5.86. The first kappa shape index (κ1) is 16.1. The molecule has 0 bridgehead atoms. The van der Waals surface area contributed by atoms with E-state index in [1.54, 1.807) is 7.11 Å². The van der Waals surface area contributed by atoms with Gasteiger partial charge in [-0.15, -0.1) is 0 Å². The van der Waals surface area contributed by atoms with Crippen LogP contribution in [0.1, 0.15) is 17.0 Å². The van der Waals surface area contributed by atoms with Gasteiger partial charge in [-0.2, -0.15) is 9.97 Å². The normalized spacial score (nSPS) is 10.7. The Morgan fingerprint density at radius 2 is 1.67 bits per heavy atom. The standard InChI is InChI=1S/C19H22N4O/c1-14-10-11-15(2)23(14)19-20-17(12-18(21-19)24-4)22(3)13-16-8-6-5-7-9-16/h5-12H,13H2,1-4H3. The van der Waals surface area contributed by atoms with Gasteiger partial charge in [-0.25, -0.2) is 0 Å². The molecule has 0 aliphatic heterocycles. The zero-order valence-corrected chi connectivity index (χ0v) is 14.5. The first-order chi connectivity index (χ1) is 11.6. The lowest BCUT2D eigenvalue weighted by atomic mass is 10.2. The first-order valence-electron chi connectivity index (χ1n) is 7.92. The fraction of sp³-hybridized carbons (Fsp3) is 0.263. The van der Waals surface area contributed by atoms with Crippen LogP contribution in [0.25, 0.3) is 5.95 Å². The summed E-state index contributed by atoms with van der Waals surface area (Å²) in [5.41, 5.74) is 3.42. The number of rotatable bonds is 5. The third kappa shape index (κ3) is 3.25. The summed E-state index contributed by atoms with van der Waals surface area (Å²) in [6, 6.07) is 16.3. The number of benzene rings is 1. The zero-order valence-electron chi connectivity index (χ0n) is 14.5. The van der Waals surface area contributed by atoms with Crippen molar-refractivity contribution < 1.29 is 4.74 Å². The number of aryl methyl sites for hydroxylation is 2. The highest BCUT2D eigenvalue weighted by Crippen LogP contribution is 2.22. The summed E-state index contributed by atoms with van der Waals surface area (Å²) in [5.74, 6) is 2.01. The van der Waals surface area contributed by atoms with Gasteiger partial charge in [0.1, 0.15) is 5.82 Å². The van der Waals surface area contributed by atoms with Crippen molar-refractivity contribution in [3.8, 4) is 11.8 Å². The molecule has 2 aromatic heterocycles. The van der Waals surface area contributed by atoms with Crippen LogP contribution in [-0.4, -0.2) is 28.7 Å². The summed E-state index contributed by atoms with van der Waals surface area (Å²) in [6.45, 7) is 4.86. The highest BCUT2D eigenvalue weighted by Gasteiger charge is 2.13. The topological polar surface area (TPSA) is 43.2 Å². The van der Waals surface area contributed by atoms with Crippen LogP contribution < -0.4 is 9.64 Å². The number of anilines is 1. The van der Waals surface area contributed by atoms with E-state index in [2.05, 4.69) is 34.1 Å². The highest BCUT2D eigenvalue weighted by atomic mass is 16.5. The lowest BCUT2D eigenvalue weighted by Gasteiger charge is -2.20. The maximum atomic E-state index is 5.38. The SMILES string of the molecule is COc1cc(N(C)Cc2ccccc2)nc(-n2c(C)ccc2C)n1. The van der Waals surface area contributed by atoms with E-state index in [9.17, 15) is 0 Å². The Labute approximate surface area is 142 Å². The molecule has 0 spiro atoms. The average molecular weight is 322 g/mol. The maximum Gasteiger partial charge on any atom is 0.239 e. The molecule has 3 rings (SSSR count). The number of aromatic nitrogens is 3. The van der Waals surface area contributed by atoms with Gasteiger partial charge in [-0.3, -0.25) is 4.57 Å². The van der Waals surface area contributed by atoms with E-state index < -0.39 is 0 Å².